The Balaban J connectivity index is 2.07. The molecule has 4 atom stereocenters. The highest BCUT2D eigenvalue weighted by Gasteiger charge is 2.37. The number of aliphatic hydroxyl groups is 3. The summed E-state index contributed by atoms with van der Waals surface area (Å²) in [4.78, 5) is 1.000. The largest absolute Gasteiger partial charge is 0.392 e. The van der Waals surface area contributed by atoms with Crippen molar-refractivity contribution in [3.63, 3.8) is 0 Å². The van der Waals surface area contributed by atoms with Crippen molar-refractivity contribution in [3.05, 3.63) is 30.3 Å². The fourth-order valence-corrected chi connectivity index (χ4v) is 3.17. The summed E-state index contributed by atoms with van der Waals surface area (Å²) in [6.45, 7) is 0. The quantitative estimate of drug-likeness (QED) is 0.722. The summed E-state index contributed by atoms with van der Waals surface area (Å²) in [7, 11) is 0. The molecule has 0 aromatic heterocycles. The van der Waals surface area contributed by atoms with Crippen LogP contribution in [0.25, 0.3) is 0 Å². The van der Waals surface area contributed by atoms with Gasteiger partial charge in [0.05, 0.1) is 23.6 Å². The maximum absolute atomic E-state index is 9.84. The van der Waals surface area contributed by atoms with Crippen LogP contribution in [0.5, 0.6) is 0 Å². The lowest BCUT2D eigenvalue weighted by molar-refractivity contribution is -0.0436. The third-order valence-electron chi connectivity index (χ3n) is 2.88. The second kappa shape index (κ2) is 5.19. The van der Waals surface area contributed by atoms with Crippen LogP contribution in [-0.4, -0.2) is 38.9 Å². The lowest BCUT2D eigenvalue weighted by Gasteiger charge is -2.35. The van der Waals surface area contributed by atoms with Crippen molar-refractivity contribution in [1.82, 2.24) is 0 Å². The topological polar surface area (TPSA) is 60.7 Å². The van der Waals surface area contributed by atoms with E-state index in [2.05, 4.69) is 0 Å². The Bertz CT molecular complexity index is 330. The molecule has 1 fully saturated rings. The van der Waals surface area contributed by atoms with Gasteiger partial charge in [-0.25, -0.2) is 0 Å². The van der Waals surface area contributed by atoms with Crippen molar-refractivity contribution < 1.29 is 15.3 Å². The zero-order valence-electron chi connectivity index (χ0n) is 8.86. The van der Waals surface area contributed by atoms with Crippen LogP contribution in [0.15, 0.2) is 35.2 Å². The minimum Gasteiger partial charge on any atom is -0.392 e. The molecule has 0 aliphatic heterocycles. The Morgan fingerprint density at radius 3 is 2.25 bits per heavy atom. The molecular weight excluding hydrogens is 224 g/mol. The van der Waals surface area contributed by atoms with Gasteiger partial charge in [0.25, 0.3) is 0 Å². The summed E-state index contributed by atoms with van der Waals surface area (Å²) in [5, 5.41) is 28.9. The Kier molecular flexibility index (Phi) is 3.86. The molecular formula is C12H16O3S. The van der Waals surface area contributed by atoms with Crippen molar-refractivity contribution in [3.8, 4) is 0 Å². The third-order valence-corrected chi connectivity index (χ3v) is 4.29. The Hall–Kier alpha value is -0.550. The van der Waals surface area contributed by atoms with Crippen molar-refractivity contribution in [1.29, 1.82) is 0 Å². The highest BCUT2D eigenvalue weighted by Crippen LogP contribution is 2.34. The molecule has 1 saturated carbocycles. The van der Waals surface area contributed by atoms with Crippen LogP contribution in [0.2, 0.25) is 0 Å². The average Bonchev–Trinajstić information content (AvgIpc) is 2.31. The maximum Gasteiger partial charge on any atom is 0.0945 e. The zero-order chi connectivity index (χ0) is 11.5. The minimum atomic E-state index is -0.853. The zero-order valence-corrected chi connectivity index (χ0v) is 9.68. The summed E-state index contributed by atoms with van der Waals surface area (Å²) in [5.74, 6) is 0. The van der Waals surface area contributed by atoms with E-state index in [0.29, 0.717) is 12.8 Å². The predicted octanol–water partition coefficient (Wildman–Crippen LogP) is 1.02. The molecule has 16 heavy (non-hydrogen) atoms. The van der Waals surface area contributed by atoms with Gasteiger partial charge in [0.1, 0.15) is 0 Å². The minimum absolute atomic E-state index is 0.342. The Morgan fingerprint density at radius 2 is 1.56 bits per heavy atom. The number of aliphatic hydroxyl groups excluding tert-OH is 3. The number of thioether (sulfide) groups is 1. The lowest BCUT2D eigenvalue weighted by atomic mass is 9.92. The lowest BCUT2D eigenvalue weighted by Crippen LogP contribution is -2.47. The molecule has 1 aliphatic rings. The van der Waals surface area contributed by atoms with E-state index in [-0.39, 0.29) is 5.25 Å². The van der Waals surface area contributed by atoms with Crippen LogP contribution in [0.3, 0.4) is 0 Å². The van der Waals surface area contributed by atoms with Crippen LogP contribution in [0, 0.1) is 0 Å². The molecule has 0 bridgehead atoms. The van der Waals surface area contributed by atoms with Crippen LogP contribution in [0.4, 0.5) is 0 Å². The summed E-state index contributed by atoms with van der Waals surface area (Å²) < 4.78 is 0. The molecule has 88 valence electrons. The van der Waals surface area contributed by atoms with E-state index in [0.717, 1.165) is 4.90 Å². The monoisotopic (exact) mass is 240 g/mol. The van der Waals surface area contributed by atoms with Crippen molar-refractivity contribution in [2.45, 2.75) is 41.3 Å². The van der Waals surface area contributed by atoms with Gasteiger partial charge in [-0.2, -0.15) is 0 Å². The average molecular weight is 240 g/mol. The highest BCUT2D eigenvalue weighted by atomic mass is 32.2. The van der Waals surface area contributed by atoms with Gasteiger partial charge in [-0.1, -0.05) is 18.2 Å². The number of hydrogen-bond donors (Lipinski definition) is 3. The first-order valence-corrected chi connectivity index (χ1v) is 6.32. The third kappa shape index (κ3) is 2.58. The Morgan fingerprint density at radius 1 is 0.938 bits per heavy atom. The molecule has 1 aromatic carbocycles. The molecule has 4 heteroatoms. The molecule has 0 spiro atoms. The van der Waals surface area contributed by atoms with Crippen molar-refractivity contribution in [2.75, 3.05) is 0 Å². The number of rotatable bonds is 2. The van der Waals surface area contributed by atoms with E-state index in [9.17, 15) is 15.3 Å². The van der Waals surface area contributed by atoms with Crippen LogP contribution < -0.4 is 0 Å². The number of hydrogen-bond acceptors (Lipinski definition) is 4. The van der Waals surface area contributed by atoms with Gasteiger partial charge in [0.2, 0.25) is 0 Å². The molecule has 0 amide bonds. The molecule has 0 saturated heterocycles. The van der Waals surface area contributed by atoms with Crippen LogP contribution in [-0.2, 0) is 0 Å². The second-order valence-electron chi connectivity index (χ2n) is 4.10. The molecule has 0 unspecified atom stereocenters. The van der Waals surface area contributed by atoms with Gasteiger partial charge in [-0.15, -0.1) is 11.8 Å². The summed E-state index contributed by atoms with van der Waals surface area (Å²) in [5.41, 5.74) is 0. The first-order chi connectivity index (χ1) is 7.68. The van der Waals surface area contributed by atoms with Gasteiger partial charge < -0.3 is 15.3 Å². The summed E-state index contributed by atoms with van der Waals surface area (Å²) >= 11 is 1.42. The predicted molar refractivity (Wildman–Crippen MR) is 63.3 cm³/mol. The van der Waals surface area contributed by atoms with Crippen LogP contribution in [0.1, 0.15) is 12.8 Å². The highest BCUT2D eigenvalue weighted by molar-refractivity contribution is 8.00. The first kappa shape index (κ1) is 11.9. The first-order valence-electron chi connectivity index (χ1n) is 5.44. The molecule has 0 heterocycles. The van der Waals surface area contributed by atoms with E-state index in [1.165, 1.54) is 11.8 Å². The number of benzene rings is 1. The van der Waals surface area contributed by atoms with Gasteiger partial charge in [0, 0.05) is 4.90 Å². The van der Waals surface area contributed by atoms with E-state index in [4.69, 9.17) is 0 Å². The fourth-order valence-electron chi connectivity index (χ4n) is 1.93. The van der Waals surface area contributed by atoms with Crippen LogP contribution >= 0.6 is 11.8 Å². The molecule has 2 rings (SSSR count). The van der Waals surface area contributed by atoms with E-state index in [1.807, 2.05) is 30.3 Å². The van der Waals surface area contributed by atoms with E-state index in [1.54, 1.807) is 0 Å². The van der Waals surface area contributed by atoms with Gasteiger partial charge in [-0.3, -0.25) is 0 Å². The molecule has 3 N–H and O–H groups in total. The molecule has 1 aromatic rings. The van der Waals surface area contributed by atoms with Gasteiger partial charge >= 0.3 is 0 Å². The maximum atomic E-state index is 9.84. The molecule has 1 aliphatic carbocycles. The summed E-state index contributed by atoms with van der Waals surface area (Å²) in [6.07, 6.45) is -1.11. The van der Waals surface area contributed by atoms with E-state index >= 15 is 0 Å². The normalized spacial score (nSPS) is 34.9. The molecule has 0 radical (unpaired) electrons. The van der Waals surface area contributed by atoms with Crippen molar-refractivity contribution in [2.24, 2.45) is 0 Å². The van der Waals surface area contributed by atoms with Gasteiger partial charge in [-0.05, 0) is 25.0 Å². The van der Waals surface area contributed by atoms with E-state index < -0.39 is 18.3 Å². The van der Waals surface area contributed by atoms with Crippen molar-refractivity contribution >= 4 is 11.8 Å². The standard InChI is InChI=1S/C12H16O3S/c13-9-6-7-10(14)12(11(9)15)16-8-4-2-1-3-5-8/h1-5,9-15H,6-7H2/t9-,10+,11-,12-/m0/s1. The van der Waals surface area contributed by atoms with Gasteiger partial charge in [0.15, 0.2) is 0 Å². The fraction of sp³-hybridized carbons (Fsp3) is 0.500. The second-order valence-corrected chi connectivity index (χ2v) is 5.35. The summed E-state index contributed by atoms with van der Waals surface area (Å²) in [6, 6.07) is 9.63. The Labute approximate surface area is 99.1 Å². The smallest absolute Gasteiger partial charge is 0.0945 e. The molecule has 3 nitrogen and oxygen atoms in total. The SMILES string of the molecule is O[C@@H]1[C@@H](Sc2ccccc2)[C@H](O)CC[C@@H]1O.